The van der Waals surface area contributed by atoms with Gasteiger partial charge in [0.15, 0.2) is 11.6 Å². The fraction of sp³-hybridized carbons (Fsp3) is 0.697. The van der Waals surface area contributed by atoms with Crippen molar-refractivity contribution in [1.82, 2.24) is 20.1 Å². The van der Waals surface area contributed by atoms with E-state index in [-0.39, 0.29) is 42.9 Å². The molecule has 4 fully saturated rings. The molecule has 4 atom stereocenters. The molecule has 4 heterocycles. The normalized spacial score (nSPS) is 22.9. The van der Waals surface area contributed by atoms with Crippen LogP contribution in [0.3, 0.4) is 0 Å². The Hall–Kier alpha value is -3.72. The van der Waals surface area contributed by atoms with Gasteiger partial charge in [0.1, 0.15) is 6.04 Å². The van der Waals surface area contributed by atoms with E-state index in [2.05, 4.69) is 43.3 Å². The number of aromatic nitrogens is 1. The zero-order valence-corrected chi connectivity index (χ0v) is 27.9. The maximum absolute atomic E-state index is 12.0. The van der Waals surface area contributed by atoms with Gasteiger partial charge in [-0.05, 0) is 49.1 Å². The average molecular weight is 631 g/mol. The Morgan fingerprint density at radius 1 is 1.13 bits per heavy atom. The van der Waals surface area contributed by atoms with Crippen molar-refractivity contribution in [2.45, 2.75) is 79.7 Å². The summed E-state index contributed by atoms with van der Waals surface area (Å²) in [6.07, 6.45) is 8.06. The number of nitrogens with one attached hydrogen (secondary N) is 2. The number of ether oxygens (including phenoxy) is 1. The van der Waals surface area contributed by atoms with E-state index >= 15 is 0 Å². The maximum atomic E-state index is 12.0. The molecule has 0 bridgehead atoms. The molecule has 5 rings (SSSR count). The Morgan fingerprint density at radius 2 is 1.71 bits per heavy atom. The highest BCUT2D eigenvalue weighted by molar-refractivity contribution is 5.93. The number of nitrogens with zero attached hydrogens (tertiary/aromatic N) is 4. The predicted molar refractivity (Wildman–Crippen MR) is 173 cm³/mol. The fourth-order valence-corrected chi connectivity index (χ4v) is 5.21. The van der Waals surface area contributed by atoms with E-state index in [9.17, 15) is 24.3 Å². The molecule has 12 nitrogen and oxygen atoms in total. The van der Waals surface area contributed by atoms with Gasteiger partial charge in [-0.3, -0.25) is 19.2 Å². The lowest BCUT2D eigenvalue weighted by Crippen LogP contribution is -2.36. The molecule has 2 unspecified atom stereocenters. The van der Waals surface area contributed by atoms with Crippen molar-refractivity contribution in [1.29, 1.82) is 5.26 Å². The van der Waals surface area contributed by atoms with Crippen LogP contribution < -0.4 is 10.6 Å². The minimum Gasteiger partial charge on any atom is -0.504 e. The molecule has 3 saturated heterocycles. The SMILES string of the molecule is CC.CC(C)C.CC1COC1.N#C[C@@H]1C[C@H](C(=O)Nc2ncccc2O)CN1C=O.O=CNCC(=O)N1CC2CCCCC2C1. The maximum Gasteiger partial charge on any atom is 0.241 e. The predicted octanol–water partition coefficient (Wildman–Crippen LogP) is 3.82. The van der Waals surface area contributed by atoms with Crippen LogP contribution in [0.1, 0.15) is 73.6 Å². The summed E-state index contributed by atoms with van der Waals surface area (Å²) in [6, 6.07) is 4.35. The summed E-state index contributed by atoms with van der Waals surface area (Å²) >= 11 is 0. The lowest BCUT2D eigenvalue weighted by molar-refractivity contribution is -0.130. The van der Waals surface area contributed by atoms with Crippen LogP contribution in [-0.4, -0.2) is 90.0 Å². The summed E-state index contributed by atoms with van der Waals surface area (Å²) in [5.74, 6) is 2.29. The first-order valence-corrected chi connectivity index (χ1v) is 16.2. The van der Waals surface area contributed by atoms with Gasteiger partial charge in [-0.1, -0.05) is 54.4 Å². The fourth-order valence-electron chi connectivity index (χ4n) is 5.21. The summed E-state index contributed by atoms with van der Waals surface area (Å²) < 4.78 is 4.83. The van der Waals surface area contributed by atoms with Crippen molar-refractivity contribution < 1.29 is 29.0 Å². The molecule has 0 spiro atoms. The molecule has 0 aromatic carbocycles. The third-order valence-electron chi connectivity index (χ3n) is 7.49. The van der Waals surface area contributed by atoms with E-state index < -0.39 is 12.0 Å². The summed E-state index contributed by atoms with van der Waals surface area (Å²) in [5, 5.41) is 23.3. The van der Waals surface area contributed by atoms with Crippen LogP contribution in [0.4, 0.5) is 5.82 Å². The van der Waals surface area contributed by atoms with Crippen molar-refractivity contribution in [3.05, 3.63) is 18.3 Å². The largest absolute Gasteiger partial charge is 0.504 e. The zero-order valence-electron chi connectivity index (χ0n) is 27.9. The average Bonchev–Trinajstić information content (AvgIpc) is 3.66. The summed E-state index contributed by atoms with van der Waals surface area (Å²) in [5.41, 5.74) is 0. The second-order valence-corrected chi connectivity index (χ2v) is 12.2. The molecule has 1 aromatic heterocycles. The molecule has 1 aliphatic carbocycles. The third kappa shape index (κ3) is 14.3. The molecule has 0 radical (unpaired) electrons. The van der Waals surface area contributed by atoms with Gasteiger partial charge >= 0.3 is 0 Å². The van der Waals surface area contributed by atoms with Crippen molar-refractivity contribution in [2.75, 3.05) is 44.7 Å². The lowest BCUT2D eigenvalue weighted by Gasteiger charge is -2.22. The number of hydrogen-bond donors (Lipinski definition) is 3. The van der Waals surface area contributed by atoms with Gasteiger partial charge in [-0.15, -0.1) is 0 Å². The minimum atomic E-state index is -0.578. The van der Waals surface area contributed by atoms with E-state index in [0.717, 1.165) is 50.0 Å². The number of anilines is 1. The van der Waals surface area contributed by atoms with E-state index in [4.69, 9.17) is 10.00 Å². The number of carbonyl (C=O) groups is 4. The van der Waals surface area contributed by atoms with Crippen LogP contribution in [0.15, 0.2) is 18.3 Å². The van der Waals surface area contributed by atoms with Crippen LogP contribution in [0.5, 0.6) is 5.75 Å². The molecule has 4 aliphatic rings. The molecule has 1 aromatic rings. The van der Waals surface area contributed by atoms with Gasteiger partial charge in [-0.25, -0.2) is 4.98 Å². The number of pyridine rings is 1. The monoisotopic (exact) mass is 630 g/mol. The molecule has 4 amide bonds. The van der Waals surface area contributed by atoms with Crippen molar-refractivity contribution in [3.63, 3.8) is 0 Å². The highest BCUT2D eigenvalue weighted by atomic mass is 16.5. The van der Waals surface area contributed by atoms with Gasteiger partial charge < -0.3 is 30.3 Å². The van der Waals surface area contributed by atoms with Gasteiger partial charge in [0.2, 0.25) is 24.6 Å². The molecular weight excluding hydrogens is 576 g/mol. The Balaban J connectivity index is 0.000000343. The highest BCUT2D eigenvalue weighted by Crippen LogP contribution is 2.35. The third-order valence-corrected chi connectivity index (χ3v) is 7.49. The molecule has 45 heavy (non-hydrogen) atoms. The first-order chi connectivity index (χ1) is 21.6. The first-order valence-electron chi connectivity index (χ1n) is 16.2. The smallest absolute Gasteiger partial charge is 0.241 e. The van der Waals surface area contributed by atoms with Gasteiger partial charge in [0.05, 0.1) is 31.7 Å². The second-order valence-electron chi connectivity index (χ2n) is 12.2. The number of aromatic hydroxyl groups is 1. The highest BCUT2D eigenvalue weighted by Gasteiger charge is 2.37. The molecule has 3 aliphatic heterocycles. The zero-order chi connectivity index (χ0) is 33.8. The van der Waals surface area contributed by atoms with Crippen molar-refractivity contribution >= 4 is 30.5 Å². The Labute approximate surface area is 268 Å². The Bertz CT molecular complexity index is 1060. The quantitative estimate of drug-likeness (QED) is 0.399. The Kier molecular flexibility index (Phi) is 19.1. The van der Waals surface area contributed by atoms with Crippen LogP contribution in [0, 0.1) is 40.9 Å². The number of likely N-dealkylation sites (tertiary alicyclic amines) is 2. The van der Waals surface area contributed by atoms with Crippen molar-refractivity contribution in [3.8, 4) is 11.8 Å². The van der Waals surface area contributed by atoms with Crippen LogP contribution in [-0.2, 0) is 23.9 Å². The van der Waals surface area contributed by atoms with Gasteiger partial charge in [0.25, 0.3) is 0 Å². The van der Waals surface area contributed by atoms with Crippen molar-refractivity contribution in [2.24, 2.45) is 29.6 Å². The van der Waals surface area contributed by atoms with E-state index in [1.165, 1.54) is 42.8 Å². The summed E-state index contributed by atoms with van der Waals surface area (Å²) in [6.45, 7) is 16.8. The molecule has 252 valence electrons. The molecule has 3 N–H and O–H groups in total. The van der Waals surface area contributed by atoms with Crippen LogP contribution in [0.25, 0.3) is 0 Å². The van der Waals surface area contributed by atoms with Gasteiger partial charge in [-0.2, -0.15) is 5.26 Å². The molecule has 1 saturated carbocycles. The second kappa shape index (κ2) is 21.9. The number of nitriles is 1. The summed E-state index contributed by atoms with van der Waals surface area (Å²) in [7, 11) is 0. The standard InChI is InChI=1S/C12H12N4O3.C11H18N2O2.C4H8O.C4H10.C2H6/c13-5-9-4-8(6-16(9)7-17)12(19)15-11-10(18)2-1-3-14-11;14-8-12-5-11(15)13-6-9-3-1-2-4-10(9)7-13;1-4-2-5-3-4;1-4(2)3;1-2/h1-3,7-9,18H,4,6H2,(H,14,15,19);8-10H,1-7H2,(H,12,14);4H,2-3H2,1H3;4H,1-3H3;1-2H3/t8-,9-;;;;/m0..../s1. The van der Waals surface area contributed by atoms with E-state index in [1.807, 2.05) is 24.8 Å². The van der Waals surface area contributed by atoms with Crippen LogP contribution >= 0.6 is 0 Å². The van der Waals surface area contributed by atoms with Gasteiger partial charge in [0, 0.05) is 31.7 Å². The van der Waals surface area contributed by atoms with Crippen LogP contribution in [0.2, 0.25) is 0 Å². The minimum absolute atomic E-state index is 0.0662. The number of rotatable bonds is 6. The first kappa shape index (κ1) is 39.3. The topological polar surface area (TPSA) is 165 Å². The van der Waals surface area contributed by atoms with E-state index in [1.54, 1.807) is 6.07 Å². The van der Waals surface area contributed by atoms with E-state index in [0.29, 0.717) is 12.8 Å². The number of hydrogen-bond acceptors (Lipinski definition) is 8. The Morgan fingerprint density at radius 3 is 2.13 bits per heavy atom. The number of amides is 4. The molecular formula is C33H54N6O6. The lowest BCUT2D eigenvalue weighted by atomic mass is 9.82. The number of fused-ring (bicyclic) bond motifs is 1. The molecule has 12 heteroatoms. The number of carbonyl (C=O) groups excluding carboxylic acids is 4. The summed E-state index contributed by atoms with van der Waals surface area (Å²) in [4.78, 5) is 51.5.